The van der Waals surface area contributed by atoms with Gasteiger partial charge in [0.2, 0.25) is 0 Å². The van der Waals surface area contributed by atoms with Crippen LogP contribution < -0.4 is 0 Å². The Morgan fingerprint density at radius 3 is 1.90 bits per heavy atom. The number of fused-ring (bicyclic) bond motifs is 9. The van der Waals surface area contributed by atoms with Gasteiger partial charge in [0.15, 0.2) is 0 Å². The highest BCUT2D eigenvalue weighted by Crippen LogP contribution is 2.39. The van der Waals surface area contributed by atoms with Gasteiger partial charge in [0.1, 0.15) is 0 Å². The summed E-state index contributed by atoms with van der Waals surface area (Å²) >= 11 is 0. The standard InChI is InChI=1S/C39H29N/c1-2-40-37-17-5-3-4-15-35(37)39-29(16-10-18-38(39)40)27-21-19-26(20-22-27)28-23-24-34-32-13-7-6-11-30(32)31-12-8-9-14-33(31)36(34)25-28/h3-16,18-25H,2,17H2,1H3. The predicted molar refractivity (Wildman–Crippen MR) is 173 cm³/mol. The lowest BCUT2D eigenvalue weighted by molar-refractivity contribution is 0.755. The largest absolute Gasteiger partial charge is 0.344 e. The molecule has 40 heavy (non-hydrogen) atoms. The summed E-state index contributed by atoms with van der Waals surface area (Å²) in [6, 6.07) is 40.4. The van der Waals surface area contributed by atoms with Crippen LogP contribution >= 0.6 is 0 Å². The van der Waals surface area contributed by atoms with Gasteiger partial charge in [-0.05, 0) is 73.6 Å². The number of hydrogen-bond acceptors (Lipinski definition) is 0. The van der Waals surface area contributed by atoms with Gasteiger partial charge in [0.05, 0.1) is 0 Å². The van der Waals surface area contributed by atoms with Crippen molar-refractivity contribution in [3.63, 3.8) is 0 Å². The van der Waals surface area contributed by atoms with Crippen LogP contribution in [0.3, 0.4) is 0 Å². The van der Waals surface area contributed by atoms with Crippen LogP contribution in [0, 0.1) is 0 Å². The molecule has 0 unspecified atom stereocenters. The van der Waals surface area contributed by atoms with Gasteiger partial charge < -0.3 is 4.57 Å². The number of hydrogen-bond donors (Lipinski definition) is 0. The minimum Gasteiger partial charge on any atom is -0.344 e. The third kappa shape index (κ3) is 3.41. The van der Waals surface area contributed by atoms with Crippen LogP contribution in [0.1, 0.15) is 18.2 Å². The van der Waals surface area contributed by atoms with Crippen molar-refractivity contribution in [3.05, 3.63) is 139 Å². The molecule has 0 saturated heterocycles. The van der Waals surface area contributed by atoms with Crippen molar-refractivity contribution >= 4 is 49.3 Å². The second kappa shape index (κ2) is 9.10. The van der Waals surface area contributed by atoms with E-state index < -0.39 is 0 Å². The van der Waals surface area contributed by atoms with Gasteiger partial charge in [0, 0.05) is 35.1 Å². The second-order valence-corrected chi connectivity index (χ2v) is 10.7. The van der Waals surface area contributed by atoms with E-state index in [1.165, 1.54) is 76.7 Å². The molecular weight excluding hydrogens is 482 g/mol. The summed E-state index contributed by atoms with van der Waals surface area (Å²) < 4.78 is 2.48. The quantitative estimate of drug-likeness (QED) is 0.208. The summed E-state index contributed by atoms with van der Waals surface area (Å²) in [5, 5.41) is 9.23. The number of rotatable bonds is 3. The number of aromatic nitrogens is 1. The molecule has 1 aliphatic rings. The van der Waals surface area contributed by atoms with Gasteiger partial charge in [0.25, 0.3) is 0 Å². The first-order valence-electron chi connectivity index (χ1n) is 14.2. The van der Waals surface area contributed by atoms with Crippen molar-refractivity contribution < 1.29 is 0 Å². The van der Waals surface area contributed by atoms with Crippen LogP contribution in [0.2, 0.25) is 0 Å². The van der Waals surface area contributed by atoms with E-state index in [-0.39, 0.29) is 0 Å². The zero-order valence-electron chi connectivity index (χ0n) is 22.6. The van der Waals surface area contributed by atoms with E-state index in [4.69, 9.17) is 0 Å². The van der Waals surface area contributed by atoms with Crippen LogP contribution in [-0.2, 0) is 13.0 Å². The fraction of sp³-hybridized carbons (Fsp3) is 0.0769. The van der Waals surface area contributed by atoms with Gasteiger partial charge in [-0.15, -0.1) is 0 Å². The maximum atomic E-state index is 2.48. The predicted octanol–water partition coefficient (Wildman–Crippen LogP) is 10.6. The highest BCUT2D eigenvalue weighted by atomic mass is 15.0. The van der Waals surface area contributed by atoms with E-state index >= 15 is 0 Å². The Morgan fingerprint density at radius 1 is 0.575 bits per heavy atom. The molecule has 0 aliphatic heterocycles. The molecule has 0 spiro atoms. The molecule has 1 nitrogen and oxygen atoms in total. The highest BCUT2D eigenvalue weighted by molar-refractivity contribution is 6.25. The summed E-state index contributed by atoms with van der Waals surface area (Å²) in [6.07, 6.45) is 9.86. The molecule has 0 amide bonds. The summed E-state index contributed by atoms with van der Waals surface area (Å²) in [5.74, 6) is 0. The fourth-order valence-corrected chi connectivity index (χ4v) is 6.82. The SMILES string of the molecule is CCn1c2c(c3c(-c4ccc(-c5ccc6c7ccccc7c7ccccc7c6c5)cc4)cccc31)C=CC=CC2. The summed E-state index contributed by atoms with van der Waals surface area (Å²) in [4.78, 5) is 0. The topological polar surface area (TPSA) is 4.93 Å². The smallest absolute Gasteiger partial charge is 0.0495 e. The van der Waals surface area contributed by atoms with E-state index in [0.29, 0.717) is 0 Å². The normalized spacial score (nSPS) is 12.9. The van der Waals surface area contributed by atoms with Gasteiger partial charge >= 0.3 is 0 Å². The third-order valence-corrected chi connectivity index (χ3v) is 8.65. The lowest BCUT2D eigenvalue weighted by atomic mass is 9.91. The molecule has 8 rings (SSSR count). The van der Waals surface area contributed by atoms with Crippen molar-refractivity contribution in [2.24, 2.45) is 0 Å². The van der Waals surface area contributed by atoms with Crippen molar-refractivity contribution in [2.45, 2.75) is 19.9 Å². The monoisotopic (exact) mass is 511 g/mol. The molecule has 1 heterocycles. The lowest BCUT2D eigenvalue weighted by Gasteiger charge is -2.12. The average Bonchev–Trinajstić information content (AvgIpc) is 3.14. The van der Waals surface area contributed by atoms with Crippen molar-refractivity contribution in [1.29, 1.82) is 0 Å². The summed E-state index contributed by atoms with van der Waals surface area (Å²) in [6.45, 7) is 3.22. The number of benzene rings is 6. The van der Waals surface area contributed by atoms with E-state index in [9.17, 15) is 0 Å². The van der Waals surface area contributed by atoms with Gasteiger partial charge in [-0.1, -0.05) is 121 Å². The van der Waals surface area contributed by atoms with E-state index in [1.807, 2.05) is 0 Å². The Morgan fingerprint density at radius 2 is 1.20 bits per heavy atom. The molecule has 1 aromatic heterocycles. The van der Waals surface area contributed by atoms with Gasteiger partial charge in [-0.2, -0.15) is 0 Å². The van der Waals surface area contributed by atoms with Crippen LogP contribution in [-0.4, -0.2) is 4.57 Å². The number of aryl methyl sites for hydroxylation is 1. The minimum atomic E-state index is 0.967. The molecule has 6 aromatic carbocycles. The van der Waals surface area contributed by atoms with Gasteiger partial charge in [-0.25, -0.2) is 0 Å². The second-order valence-electron chi connectivity index (χ2n) is 10.7. The van der Waals surface area contributed by atoms with Crippen LogP contribution in [0.5, 0.6) is 0 Å². The van der Waals surface area contributed by atoms with E-state index in [2.05, 4.69) is 145 Å². The molecule has 0 saturated carbocycles. The lowest BCUT2D eigenvalue weighted by Crippen LogP contribution is -2.00. The molecule has 0 radical (unpaired) electrons. The Balaban J connectivity index is 1.27. The Bertz CT molecular complexity index is 2120. The van der Waals surface area contributed by atoms with Crippen molar-refractivity contribution in [1.82, 2.24) is 4.57 Å². The molecule has 0 fully saturated rings. The third-order valence-electron chi connectivity index (χ3n) is 8.65. The highest BCUT2D eigenvalue weighted by Gasteiger charge is 2.18. The molecule has 0 bridgehead atoms. The van der Waals surface area contributed by atoms with E-state index in [1.54, 1.807) is 0 Å². The maximum absolute atomic E-state index is 2.48. The molecule has 0 N–H and O–H groups in total. The minimum absolute atomic E-state index is 0.967. The zero-order valence-corrected chi connectivity index (χ0v) is 22.6. The Hall–Kier alpha value is -4.88. The van der Waals surface area contributed by atoms with Crippen molar-refractivity contribution in [3.8, 4) is 22.3 Å². The van der Waals surface area contributed by atoms with Crippen LogP contribution in [0.25, 0.3) is 71.6 Å². The number of allylic oxidation sites excluding steroid dienone is 3. The zero-order chi connectivity index (χ0) is 26.6. The maximum Gasteiger partial charge on any atom is 0.0495 e. The molecule has 7 aromatic rings. The Labute approximate surface area is 234 Å². The summed E-state index contributed by atoms with van der Waals surface area (Å²) in [7, 11) is 0. The molecule has 1 heteroatoms. The fourth-order valence-electron chi connectivity index (χ4n) is 6.82. The average molecular weight is 512 g/mol. The molecule has 1 aliphatic carbocycles. The van der Waals surface area contributed by atoms with Crippen LogP contribution in [0.4, 0.5) is 0 Å². The van der Waals surface area contributed by atoms with Crippen molar-refractivity contribution in [2.75, 3.05) is 0 Å². The first kappa shape index (κ1) is 23.0. The first-order valence-corrected chi connectivity index (χ1v) is 14.2. The van der Waals surface area contributed by atoms with E-state index in [0.717, 1.165) is 13.0 Å². The Kier molecular flexibility index (Phi) is 5.24. The first-order chi connectivity index (χ1) is 19.8. The molecule has 190 valence electrons. The summed E-state index contributed by atoms with van der Waals surface area (Å²) in [5.41, 5.74) is 9.13. The van der Waals surface area contributed by atoms with Crippen LogP contribution in [0.15, 0.2) is 127 Å². The molecule has 0 atom stereocenters. The molecular formula is C39H29N. The number of nitrogens with zero attached hydrogens (tertiary/aromatic N) is 1. The van der Waals surface area contributed by atoms with Gasteiger partial charge in [-0.3, -0.25) is 0 Å².